The fourth-order valence-electron chi connectivity index (χ4n) is 3.79. The summed E-state index contributed by atoms with van der Waals surface area (Å²) in [6.07, 6.45) is 0.712. The lowest BCUT2D eigenvalue weighted by atomic mass is 9.86. The molecule has 0 saturated heterocycles. The summed E-state index contributed by atoms with van der Waals surface area (Å²) in [5.74, 6) is 0.0735. The number of fused-ring (bicyclic) bond motifs is 3. The number of nitrogens with two attached hydrogens (primary N) is 1. The highest BCUT2D eigenvalue weighted by molar-refractivity contribution is 6.07. The third-order valence-corrected chi connectivity index (χ3v) is 5.21. The number of halogens is 1. The average molecular weight is 382 g/mol. The highest BCUT2D eigenvalue weighted by atomic mass is 19.1. The van der Waals surface area contributed by atoms with Crippen molar-refractivity contribution < 1.29 is 13.9 Å². The molecule has 4 rings (SSSR count). The van der Waals surface area contributed by atoms with Crippen LogP contribution >= 0.6 is 0 Å². The van der Waals surface area contributed by atoms with Gasteiger partial charge in [0.05, 0.1) is 24.3 Å². The fourth-order valence-corrected chi connectivity index (χ4v) is 3.79. The van der Waals surface area contributed by atoms with Crippen LogP contribution in [-0.2, 0) is 0 Å². The molecule has 2 atom stereocenters. The molecule has 2 aliphatic rings. The lowest BCUT2D eigenvalue weighted by Gasteiger charge is -2.31. The molecule has 0 saturated carbocycles. The molecule has 2 aromatic carbocycles. The maximum Gasteiger partial charge on any atom is 0.340 e. The molecule has 0 radical (unpaired) electrons. The molecule has 0 spiro atoms. The average Bonchev–Trinajstić information content (AvgIpc) is 3.12. The van der Waals surface area contributed by atoms with Gasteiger partial charge in [-0.25, -0.2) is 14.2 Å². The van der Waals surface area contributed by atoms with Gasteiger partial charge in [0.2, 0.25) is 0 Å². The summed E-state index contributed by atoms with van der Waals surface area (Å²) in [5, 5.41) is 6.17. The van der Waals surface area contributed by atoms with Gasteiger partial charge in [-0.05, 0) is 36.7 Å². The van der Waals surface area contributed by atoms with E-state index in [9.17, 15) is 9.18 Å². The monoisotopic (exact) mass is 382 g/mol. The number of hydrogen-bond acceptors (Lipinski definition) is 4. The van der Waals surface area contributed by atoms with Crippen LogP contribution in [-0.4, -0.2) is 48.4 Å². The summed E-state index contributed by atoms with van der Waals surface area (Å²) in [5.41, 5.74) is 7.85. The molecule has 7 heteroatoms. The van der Waals surface area contributed by atoms with Crippen LogP contribution in [0.25, 0.3) is 0 Å². The predicted octanol–water partition coefficient (Wildman–Crippen LogP) is 3.00. The van der Waals surface area contributed by atoms with Gasteiger partial charge in [0, 0.05) is 19.2 Å². The van der Waals surface area contributed by atoms with E-state index in [1.807, 2.05) is 30.3 Å². The molecule has 2 aliphatic heterocycles. The Morgan fingerprint density at radius 1 is 1.32 bits per heavy atom. The maximum absolute atomic E-state index is 13.9. The highest BCUT2D eigenvalue weighted by Gasteiger charge is 2.45. The van der Waals surface area contributed by atoms with Gasteiger partial charge in [0.1, 0.15) is 11.6 Å². The van der Waals surface area contributed by atoms with Crippen molar-refractivity contribution in [1.29, 1.82) is 0 Å². The second kappa shape index (κ2) is 7.59. The molecule has 146 valence electrons. The molecule has 28 heavy (non-hydrogen) atoms. The van der Waals surface area contributed by atoms with Gasteiger partial charge >= 0.3 is 6.03 Å². The van der Waals surface area contributed by atoms with Crippen LogP contribution in [0.15, 0.2) is 53.6 Å². The second-order valence-corrected chi connectivity index (χ2v) is 7.09. The number of hydrogen-bond donors (Lipinski definition) is 1. The Morgan fingerprint density at radius 2 is 2.11 bits per heavy atom. The minimum Gasteiger partial charge on any atom is -0.492 e. The Kier molecular flexibility index (Phi) is 5.00. The first kappa shape index (κ1) is 18.4. The molecule has 2 N–H and O–H groups in total. The predicted molar refractivity (Wildman–Crippen MR) is 105 cm³/mol. The van der Waals surface area contributed by atoms with Gasteiger partial charge < -0.3 is 15.4 Å². The van der Waals surface area contributed by atoms with Crippen molar-refractivity contribution in [2.24, 2.45) is 16.8 Å². The molecular formula is C21H23FN4O2. The quantitative estimate of drug-likeness (QED) is 0.884. The molecule has 0 unspecified atom stereocenters. The SMILES string of the molecule is CN(CCCN)C(=O)N1N=C2c3cc(F)ccc3OC[C@H]2[C@H]1c1ccccc1. The fraction of sp³-hybridized carbons (Fsp3) is 0.333. The Hall–Kier alpha value is -2.93. The second-order valence-electron chi connectivity index (χ2n) is 7.09. The molecule has 0 bridgehead atoms. The molecular weight excluding hydrogens is 359 g/mol. The van der Waals surface area contributed by atoms with Crippen LogP contribution < -0.4 is 10.5 Å². The van der Waals surface area contributed by atoms with Crippen molar-refractivity contribution in [3.63, 3.8) is 0 Å². The van der Waals surface area contributed by atoms with Gasteiger partial charge in [-0.2, -0.15) is 5.10 Å². The summed E-state index contributed by atoms with van der Waals surface area (Å²) in [6, 6.07) is 13.6. The first-order valence-corrected chi connectivity index (χ1v) is 9.40. The molecule has 0 aromatic heterocycles. The summed E-state index contributed by atoms with van der Waals surface area (Å²) in [6.45, 7) is 1.44. The van der Waals surface area contributed by atoms with E-state index in [2.05, 4.69) is 5.10 Å². The zero-order chi connectivity index (χ0) is 19.7. The van der Waals surface area contributed by atoms with Crippen LogP contribution in [0.5, 0.6) is 5.75 Å². The van der Waals surface area contributed by atoms with Gasteiger partial charge in [0.25, 0.3) is 0 Å². The van der Waals surface area contributed by atoms with E-state index in [4.69, 9.17) is 10.5 Å². The molecule has 2 amide bonds. The van der Waals surface area contributed by atoms with Gasteiger partial charge in [-0.1, -0.05) is 30.3 Å². The van der Waals surface area contributed by atoms with Crippen molar-refractivity contribution in [2.45, 2.75) is 12.5 Å². The molecule has 2 heterocycles. The van der Waals surface area contributed by atoms with E-state index in [0.717, 1.165) is 5.56 Å². The number of carbonyl (C=O) groups excluding carboxylic acids is 1. The number of hydrazone groups is 1. The number of nitrogens with zero attached hydrogens (tertiary/aromatic N) is 3. The van der Waals surface area contributed by atoms with Crippen molar-refractivity contribution in [1.82, 2.24) is 9.91 Å². The lowest BCUT2D eigenvalue weighted by Crippen LogP contribution is -2.41. The Bertz CT molecular complexity index is 903. The summed E-state index contributed by atoms with van der Waals surface area (Å²) in [7, 11) is 1.74. The zero-order valence-electron chi connectivity index (χ0n) is 15.7. The smallest absolute Gasteiger partial charge is 0.340 e. The van der Waals surface area contributed by atoms with Crippen molar-refractivity contribution in [3.05, 3.63) is 65.5 Å². The van der Waals surface area contributed by atoms with Crippen LogP contribution in [0.4, 0.5) is 9.18 Å². The summed E-state index contributed by atoms with van der Waals surface area (Å²) >= 11 is 0. The third kappa shape index (κ3) is 3.22. The number of amides is 2. The van der Waals surface area contributed by atoms with E-state index >= 15 is 0 Å². The summed E-state index contributed by atoms with van der Waals surface area (Å²) < 4.78 is 19.8. The number of ether oxygens (including phenoxy) is 1. The Morgan fingerprint density at radius 3 is 2.86 bits per heavy atom. The van der Waals surface area contributed by atoms with Gasteiger partial charge in [-0.15, -0.1) is 0 Å². The number of urea groups is 1. The summed E-state index contributed by atoms with van der Waals surface area (Å²) in [4.78, 5) is 14.8. The van der Waals surface area contributed by atoms with E-state index < -0.39 is 0 Å². The van der Waals surface area contributed by atoms with Crippen LogP contribution in [0, 0.1) is 11.7 Å². The topological polar surface area (TPSA) is 71.2 Å². The Labute approximate surface area is 163 Å². The minimum absolute atomic E-state index is 0.163. The minimum atomic E-state index is -0.355. The standard InChI is InChI=1S/C21H23FN4O2/c1-25(11-5-10-23)21(27)26-20(14-6-3-2-4-7-14)17-13-28-18-9-8-15(22)12-16(18)19(17)24-26/h2-4,6-9,12,17,20H,5,10-11,13,23H2,1H3/t17-,20-/m1/s1. The highest BCUT2D eigenvalue weighted by Crippen LogP contribution is 2.42. The van der Waals surface area contributed by atoms with Crippen LogP contribution in [0.1, 0.15) is 23.6 Å². The molecule has 0 aliphatic carbocycles. The van der Waals surface area contributed by atoms with Gasteiger partial charge in [0.15, 0.2) is 0 Å². The maximum atomic E-state index is 13.9. The first-order chi connectivity index (χ1) is 13.6. The van der Waals surface area contributed by atoms with Crippen LogP contribution in [0.2, 0.25) is 0 Å². The Balaban J connectivity index is 1.74. The van der Waals surface area contributed by atoms with Crippen molar-refractivity contribution in [2.75, 3.05) is 26.7 Å². The molecule has 6 nitrogen and oxygen atoms in total. The van der Waals surface area contributed by atoms with E-state index in [1.54, 1.807) is 18.0 Å². The van der Waals surface area contributed by atoms with E-state index in [0.29, 0.717) is 43.1 Å². The first-order valence-electron chi connectivity index (χ1n) is 9.40. The number of benzene rings is 2. The van der Waals surface area contributed by atoms with Crippen LogP contribution in [0.3, 0.4) is 0 Å². The van der Waals surface area contributed by atoms with Crippen molar-refractivity contribution >= 4 is 11.7 Å². The molecule has 0 fully saturated rings. The number of carbonyl (C=O) groups is 1. The largest absolute Gasteiger partial charge is 0.492 e. The van der Waals surface area contributed by atoms with E-state index in [-0.39, 0.29) is 23.8 Å². The van der Waals surface area contributed by atoms with E-state index in [1.165, 1.54) is 17.1 Å². The van der Waals surface area contributed by atoms with Crippen molar-refractivity contribution in [3.8, 4) is 5.75 Å². The lowest BCUT2D eigenvalue weighted by molar-refractivity contribution is 0.133. The van der Waals surface area contributed by atoms with Gasteiger partial charge in [-0.3, -0.25) is 0 Å². The zero-order valence-corrected chi connectivity index (χ0v) is 15.7. The third-order valence-electron chi connectivity index (χ3n) is 5.21. The number of rotatable bonds is 4. The normalized spacial score (nSPS) is 20.1. The molecule has 2 aromatic rings.